The van der Waals surface area contributed by atoms with Crippen molar-refractivity contribution in [3.63, 3.8) is 0 Å². The van der Waals surface area contributed by atoms with E-state index < -0.39 is 36.2 Å². The first-order chi connectivity index (χ1) is 14.3. The number of benzene rings is 2. The van der Waals surface area contributed by atoms with Gasteiger partial charge in [-0.1, -0.05) is 18.2 Å². The summed E-state index contributed by atoms with van der Waals surface area (Å²) in [7, 11) is 1.56. The normalized spacial score (nSPS) is 11.6. The van der Waals surface area contributed by atoms with Gasteiger partial charge in [0.15, 0.2) is 6.61 Å². The number of nitrogens with one attached hydrogen (secondary N) is 2. The van der Waals surface area contributed by atoms with E-state index in [1.54, 1.807) is 44.4 Å². The van der Waals surface area contributed by atoms with E-state index in [4.69, 9.17) is 9.47 Å². The molecule has 0 heterocycles. The predicted molar refractivity (Wildman–Crippen MR) is 110 cm³/mol. The van der Waals surface area contributed by atoms with Crippen LogP contribution in [0.15, 0.2) is 48.5 Å². The molecule has 0 unspecified atom stereocenters. The monoisotopic (exact) mass is 414 g/mol. The first kappa shape index (κ1) is 22.6. The van der Waals surface area contributed by atoms with Crippen molar-refractivity contribution in [1.82, 2.24) is 5.32 Å². The number of aryl methyl sites for hydroxylation is 1. The summed E-state index contributed by atoms with van der Waals surface area (Å²) in [6.07, 6.45) is 2.87. The van der Waals surface area contributed by atoms with Gasteiger partial charge >= 0.3 is 5.97 Å². The van der Waals surface area contributed by atoms with Crippen LogP contribution in [0.5, 0.6) is 5.75 Å². The number of ether oxygens (including phenoxy) is 2. The lowest BCUT2D eigenvalue weighted by Gasteiger charge is -2.12. The predicted octanol–water partition coefficient (Wildman–Crippen LogP) is 2.84. The molecule has 0 aliphatic heterocycles. The van der Waals surface area contributed by atoms with Crippen LogP contribution in [0.2, 0.25) is 0 Å². The van der Waals surface area contributed by atoms with Crippen LogP contribution in [0, 0.1) is 12.7 Å². The Kier molecular flexibility index (Phi) is 8.10. The van der Waals surface area contributed by atoms with E-state index in [1.165, 1.54) is 31.2 Å². The summed E-state index contributed by atoms with van der Waals surface area (Å²) in [4.78, 5) is 35.8. The molecule has 2 rings (SSSR count). The first-order valence-corrected chi connectivity index (χ1v) is 9.13. The zero-order valence-electron chi connectivity index (χ0n) is 16.9. The summed E-state index contributed by atoms with van der Waals surface area (Å²) in [5.74, 6) is -1.64. The average molecular weight is 414 g/mol. The molecule has 1 atom stereocenters. The Balaban J connectivity index is 1.77. The number of amides is 2. The fourth-order valence-electron chi connectivity index (χ4n) is 2.34. The molecule has 8 heteroatoms. The molecule has 0 bridgehead atoms. The van der Waals surface area contributed by atoms with Crippen molar-refractivity contribution in [3.8, 4) is 5.75 Å². The van der Waals surface area contributed by atoms with Crippen molar-refractivity contribution >= 4 is 29.5 Å². The Bertz CT molecular complexity index is 941. The van der Waals surface area contributed by atoms with Crippen molar-refractivity contribution in [2.24, 2.45) is 0 Å². The molecular weight excluding hydrogens is 391 g/mol. The van der Waals surface area contributed by atoms with Crippen LogP contribution < -0.4 is 15.4 Å². The molecule has 2 N–H and O–H groups in total. The van der Waals surface area contributed by atoms with Gasteiger partial charge in [-0.2, -0.15) is 0 Å². The number of halogens is 1. The van der Waals surface area contributed by atoms with Crippen LogP contribution in [0.4, 0.5) is 10.1 Å². The third-order valence-electron chi connectivity index (χ3n) is 4.06. The van der Waals surface area contributed by atoms with Crippen molar-refractivity contribution in [1.29, 1.82) is 0 Å². The molecule has 0 fully saturated rings. The lowest BCUT2D eigenvalue weighted by atomic mass is 10.2. The maximum atomic E-state index is 13.5. The van der Waals surface area contributed by atoms with Crippen molar-refractivity contribution in [2.75, 3.05) is 19.0 Å². The van der Waals surface area contributed by atoms with E-state index in [1.807, 2.05) is 0 Å². The Labute approximate surface area is 173 Å². The molecule has 2 amide bonds. The van der Waals surface area contributed by atoms with Crippen molar-refractivity contribution < 1.29 is 28.2 Å². The highest BCUT2D eigenvalue weighted by Gasteiger charge is 2.17. The molecule has 0 aliphatic carbocycles. The van der Waals surface area contributed by atoms with E-state index in [0.717, 1.165) is 5.56 Å². The van der Waals surface area contributed by atoms with Crippen LogP contribution in [-0.4, -0.2) is 37.5 Å². The van der Waals surface area contributed by atoms with Gasteiger partial charge in [0.05, 0.1) is 7.11 Å². The van der Waals surface area contributed by atoms with E-state index in [9.17, 15) is 18.8 Å². The van der Waals surface area contributed by atoms with Gasteiger partial charge in [0.25, 0.3) is 5.91 Å². The third-order valence-corrected chi connectivity index (χ3v) is 4.06. The van der Waals surface area contributed by atoms with E-state index in [2.05, 4.69) is 10.6 Å². The minimum Gasteiger partial charge on any atom is -0.497 e. The molecular formula is C22H23FN2O5. The highest BCUT2D eigenvalue weighted by Crippen LogP contribution is 2.14. The summed E-state index contributed by atoms with van der Waals surface area (Å²) in [6.45, 7) is 2.48. The van der Waals surface area contributed by atoms with Gasteiger partial charge in [-0.25, -0.2) is 9.18 Å². The smallest absolute Gasteiger partial charge is 0.328 e. The number of esters is 1. The fourth-order valence-corrected chi connectivity index (χ4v) is 2.34. The number of hydrogen-bond acceptors (Lipinski definition) is 5. The molecule has 0 saturated carbocycles. The zero-order chi connectivity index (χ0) is 22.1. The highest BCUT2D eigenvalue weighted by molar-refractivity contribution is 5.96. The van der Waals surface area contributed by atoms with Crippen LogP contribution >= 0.6 is 0 Å². The SMILES string of the molecule is COc1ccc(/C=C/C(=O)N[C@@H](C)C(=O)OCC(=O)Nc2ccc(C)c(F)c2)cc1. The van der Waals surface area contributed by atoms with Gasteiger partial charge in [-0.05, 0) is 55.3 Å². The molecule has 0 radical (unpaired) electrons. The summed E-state index contributed by atoms with van der Waals surface area (Å²) in [5.41, 5.74) is 1.49. The molecule has 158 valence electrons. The number of hydrogen-bond donors (Lipinski definition) is 2. The van der Waals surface area contributed by atoms with Crippen molar-refractivity contribution in [2.45, 2.75) is 19.9 Å². The summed E-state index contributed by atoms with van der Waals surface area (Å²) >= 11 is 0. The zero-order valence-corrected chi connectivity index (χ0v) is 16.9. The molecule has 2 aromatic carbocycles. The van der Waals surface area contributed by atoms with Crippen LogP contribution in [0.3, 0.4) is 0 Å². The van der Waals surface area contributed by atoms with E-state index in [0.29, 0.717) is 11.3 Å². The van der Waals surface area contributed by atoms with Gasteiger partial charge in [0.1, 0.15) is 17.6 Å². The Morgan fingerprint density at radius 2 is 1.83 bits per heavy atom. The minimum absolute atomic E-state index is 0.254. The summed E-state index contributed by atoms with van der Waals surface area (Å²) < 4.78 is 23.4. The lowest BCUT2D eigenvalue weighted by molar-refractivity contribution is -0.149. The van der Waals surface area contributed by atoms with Crippen LogP contribution in [0.25, 0.3) is 6.08 Å². The number of carbonyl (C=O) groups is 3. The summed E-state index contributed by atoms with van der Waals surface area (Å²) in [5, 5.41) is 4.88. The Morgan fingerprint density at radius 3 is 2.47 bits per heavy atom. The maximum Gasteiger partial charge on any atom is 0.328 e. The molecule has 0 spiro atoms. The highest BCUT2D eigenvalue weighted by atomic mass is 19.1. The van der Waals surface area contributed by atoms with Gasteiger partial charge in [-0.15, -0.1) is 0 Å². The van der Waals surface area contributed by atoms with Crippen LogP contribution in [0.1, 0.15) is 18.1 Å². The van der Waals surface area contributed by atoms with Crippen LogP contribution in [-0.2, 0) is 19.1 Å². The number of anilines is 1. The molecule has 0 aliphatic rings. The number of rotatable bonds is 8. The fraction of sp³-hybridized carbons (Fsp3) is 0.227. The van der Waals surface area contributed by atoms with Crippen molar-refractivity contribution in [3.05, 3.63) is 65.5 Å². The third kappa shape index (κ3) is 7.05. The second-order valence-corrected chi connectivity index (χ2v) is 6.46. The number of carbonyl (C=O) groups excluding carboxylic acids is 3. The molecule has 7 nitrogen and oxygen atoms in total. The quantitative estimate of drug-likeness (QED) is 0.512. The standard InChI is InChI=1S/C22H23FN2O5/c1-14-4-8-17(12-19(14)23)25-21(27)13-30-22(28)15(2)24-20(26)11-7-16-5-9-18(29-3)10-6-16/h4-12,15H,13H2,1-3H3,(H,24,26)(H,25,27)/b11-7+/t15-/m0/s1. The van der Waals surface area contributed by atoms with E-state index in [-0.39, 0.29) is 5.69 Å². The lowest BCUT2D eigenvalue weighted by Crippen LogP contribution is -2.39. The Morgan fingerprint density at radius 1 is 1.13 bits per heavy atom. The first-order valence-electron chi connectivity index (χ1n) is 9.13. The topological polar surface area (TPSA) is 93.7 Å². The minimum atomic E-state index is -0.956. The second kappa shape index (κ2) is 10.8. The van der Waals surface area contributed by atoms with Gasteiger partial charge < -0.3 is 20.1 Å². The van der Waals surface area contributed by atoms with E-state index >= 15 is 0 Å². The largest absolute Gasteiger partial charge is 0.497 e. The van der Waals surface area contributed by atoms with Gasteiger partial charge in [0, 0.05) is 11.8 Å². The summed E-state index contributed by atoms with van der Waals surface area (Å²) in [6, 6.07) is 10.3. The average Bonchev–Trinajstić information content (AvgIpc) is 2.73. The second-order valence-electron chi connectivity index (χ2n) is 6.46. The Hall–Kier alpha value is -3.68. The molecule has 2 aromatic rings. The van der Waals surface area contributed by atoms with Gasteiger partial charge in [-0.3, -0.25) is 9.59 Å². The van der Waals surface area contributed by atoms with Gasteiger partial charge in [0.2, 0.25) is 5.91 Å². The number of methoxy groups -OCH3 is 1. The molecule has 0 aromatic heterocycles. The maximum absolute atomic E-state index is 13.5. The molecule has 30 heavy (non-hydrogen) atoms. The molecule has 0 saturated heterocycles.